The highest BCUT2D eigenvalue weighted by Gasteiger charge is 2.05. The first-order valence-corrected chi connectivity index (χ1v) is 7.01. The number of carbonyl (C=O) groups excluding carboxylic acids is 2. The summed E-state index contributed by atoms with van der Waals surface area (Å²) < 4.78 is 0. The van der Waals surface area contributed by atoms with Crippen molar-refractivity contribution in [1.29, 1.82) is 0 Å². The second-order valence-corrected chi connectivity index (χ2v) is 5.14. The molecule has 0 heterocycles. The Morgan fingerprint density at radius 2 is 1.55 bits per heavy atom. The molecule has 20 heavy (non-hydrogen) atoms. The maximum absolute atomic E-state index is 11.3. The summed E-state index contributed by atoms with van der Waals surface area (Å²) in [5, 5.41) is 2.03. The van der Waals surface area contributed by atoms with Gasteiger partial charge in [-0.25, -0.2) is 4.79 Å². The van der Waals surface area contributed by atoms with E-state index in [9.17, 15) is 9.59 Å². The molecule has 0 bridgehead atoms. The Bertz CT molecular complexity index is 597. The van der Waals surface area contributed by atoms with Crippen molar-refractivity contribution in [3.63, 3.8) is 0 Å². The van der Waals surface area contributed by atoms with Crippen LogP contribution in [-0.2, 0) is 4.79 Å². The number of carbonyl (C=O) groups is 2. The molecule has 5 heteroatoms. The van der Waals surface area contributed by atoms with Crippen LogP contribution in [0.15, 0.2) is 59.5 Å². The third-order valence-corrected chi connectivity index (χ3v) is 3.61. The Morgan fingerprint density at radius 3 is 2.15 bits per heavy atom. The van der Waals surface area contributed by atoms with Crippen molar-refractivity contribution in [3.05, 3.63) is 54.6 Å². The van der Waals surface area contributed by atoms with E-state index >= 15 is 0 Å². The zero-order valence-electron chi connectivity index (χ0n) is 10.7. The van der Waals surface area contributed by atoms with E-state index in [1.165, 1.54) is 11.8 Å². The number of benzene rings is 2. The number of primary amides is 1. The first-order chi connectivity index (χ1) is 9.65. The number of nitrogens with one attached hydrogen (secondary N) is 1. The molecule has 0 spiro atoms. The average molecular weight is 286 g/mol. The maximum atomic E-state index is 11.3. The molecule has 4 nitrogen and oxygen atoms in total. The minimum atomic E-state index is -0.824. The average Bonchev–Trinajstić information content (AvgIpc) is 2.46. The van der Waals surface area contributed by atoms with Gasteiger partial charge in [-0.1, -0.05) is 42.5 Å². The molecule has 3 amide bonds. The maximum Gasteiger partial charge on any atom is 0.318 e. The largest absolute Gasteiger partial charge is 0.351 e. The highest BCUT2D eigenvalue weighted by atomic mass is 32.2. The molecule has 2 rings (SSSR count). The lowest BCUT2D eigenvalue weighted by atomic mass is 10.1. The Kier molecular flexibility index (Phi) is 4.79. The summed E-state index contributed by atoms with van der Waals surface area (Å²) in [4.78, 5) is 22.7. The van der Waals surface area contributed by atoms with Gasteiger partial charge in [0, 0.05) is 4.90 Å². The lowest BCUT2D eigenvalue weighted by Crippen LogP contribution is -2.36. The van der Waals surface area contributed by atoms with Gasteiger partial charge in [0.15, 0.2) is 0 Å². The predicted molar refractivity (Wildman–Crippen MR) is 80.3 cm³/mol. The minimum absolute atomic E-state index is 0.160. The van der Waals surface area contributed by atoms with Crippen LogP contribution in [0.1, 0.15) is 0 Å². The lowest BCUT2D eigenvalue weighted by Gasteiger charge is -2.04. The third-order valence-electron chi connectivity index (χ3n) is 2.59. The van der Waals surface area contributed by atoms with E-state index in [2.05, 4.69) is 0 Å². The molecule has 0 unspecified atom stereocenters. The lowest BCUT2D eigenvalue weighted by molar-refractivity contribution is -0.117. The number of hydrogen-bond donors (Lipinski definition) is 2. The van der Waals surface area contributed by atoms with Gasteiger partial charge in [-0.15, -0.1) is 11.8 Å². The number of rotatable bonds is 4. The number of imide groups is 1. The fourth-order valence-electron chi connectivity index (χ4n) is 1.70. The molecule has 0 aliphatic rings. The van der Waals surface area contributed by atoms with E-state index in [1.54, 1.807) is 0 Å². The molecule has 2 aromatic rings. The number of nitrogens with two attached hydrogens (primary N) is 1. The molecule has 102 valence electrons. The molecule has 0 fully saturated rings. The quantitative estimate of drug-likeness (QED) is 0.849. The molecular formula is C15H14N2O2S. The Morgan fingerprint density at radius 1 is 0.950 bits per heavy atom. The van der Waals surface area contributed by atoms with E-state index in [-0.39, 0.29) is 5.75 Å². The monoisotopic (exact) mass is 286 g/mol. The SMILES string of the molecule is NC(=O)NC(=O)CSc1ccc(-c2ccccc2)cc1. The highest BCUT2D eigenvalue weighted by molar-refractivity contribution is 8.00. The van der Waals surface area contributed by atoms with Crippen LogP contribution in [0.3, 0.4) is 0 Å². The van der Waals surface area contributed by atoms with Gasteiger partial charge in [-0.2, -0.15) is 0 Å². The van der Waals surface area contributed by atoms with Crippen LogP contribution >= 0.6 is 11.8 Å². The van der Waals surface area contributed by atoms with E-state index in [4.69, 9.17) is 5.73 Å². The molecule has 2 aromatic carbocycles. The molecule has 3 N–H and O–H groups in total. The van der Waals surface area contributed by atoms with Crippen LogP contribution in [0.25, 0.3) is 11.1 Å². The first kappa shape index (κ1) is 14.1. The molecule has 0 atom stereocenters. The summed E-state index contributed by atoms with van der Waals surface area (Å²) in [5.41, 5.74) is 7.14. The van der Waals surface area contributed by atoms with Gasteiger partial charge >= 0.3 is 6.03 Å². The third kappa shape index (κ3) is 4.13. The smallest absolute Gasteiger partial charge is 0.318 e. The fourth-order valence-corrected chi connectivity index (χ4v) is 2.40. The van der Waals surface area contributed by atoms with Crippen molar-refractivity contribution >= 4 is 23.7 Å². The van der Waals surface area contributed by atoms with E-state index in [0.717, 1.165) is 16.0 Å². The molecule has 0 saturated heterocycles. The van der Waals surface area contributed by atoms with Crippen LogP contribution in [0.5, 0.6) is 0 Å². The van der Waals surface area contributed by atoms with Gasteiger partial charge in [0.1, 0.15) is 0 Å². The van der Waals surface area contributed by atoms with E-state index < -0.39 is 11.9 Å². The van der Waals surface area contributed by atoms with E-state index in [0.29, 0.717) is 0 Å². The topological polar surface area (TPSA) is 72.2 Å². The van der Waals surface area contributed by atoms with Crippen LogP contribution in [0.2, 0.25) is 0 Å². The number of hydrogen-bond acceptors (Lipinski definition) is 3. The van der Waals surface area contributed by atoms with Gasteiger partial charge in [0.2, 0.25) is 5.91 Å². The van der Waals surface area contributed by atoms with Gasteiger partial charge in [-0.3, -0.25) is 10.1 Å². The molecular weight excluding hydrogens is 272 g/mol. The number of thioether (sulfide) groups is 1. The summed E-state index contributed by atoms with van der Waals surface area (Å²) >= 11 is 1.35. The molecule has 0 aromatic heterocycles. The van der Waals surface area contributed by atoms with Crippen molar-refractivity contribution in [1.82, 2.24) is 5.32 Å². The van der Waals surface area contributed by atoms with Crippen LogP contribution in [-0.4, -0.2) is 17.7 Å². The number of urea groups is 1. The van der Waals surface area contributed by atoms with Gasteiger partial charge in [0.05, 0.1) is 5.75 Å². The Labute approximate surface area is 121 Å². The van der Waals surface area contributed by atoms with Crippen molar-refractivity contribution in [3.8, 4) is 11.1 Å². The second kappa shape index (κ2) is 6.77. The van der Waals surface area contributed by atoms with Crippen molar-refractivity contribution in [2.24, 2.45) is 5.73 Å². The predicted octanol–water partition coefficient (Wildman–Crippen LogP) is 2.64. The van der Waals surface area contributed by atoms with E-state index in [1.807, 2.05) is 59.9 Å². The molecule has 0 saturated carbocycles. The standard InChI is InChI=1S/C15H14N2O2S/c16-15(19)17-14(18)10-20-13-8-6-12(7-9-13)11-4-2-1-3-5-11/h1-9H,10H2,(H3,16,17,18,19). The molecule has 0 aliphatic heterocycles. The summed E-state index contributed by atoms with van der Waals surface area (Å²) in [6.07, 6.45) is 0. The van der Waals surface area contributed by atoms with Crippen molar-refractivity contribution < 1.29 is 9.59 Å². The van der Waals surface area contributed by atoms with Gasteiger partial charge in [-0.05, 0) is 23.3 Å². The Balaban J connectivity index is 1.95. The first-order valence-electron chi connectivity index (χ1n) is 6.03. The molecule has 0 aliphatic carbocycles. The zero-order chi connectivity index (χ0) is 14.4. The zero-order valence-corrected chi connectivity index (χ0v) is 11.5. The Hall–Kier alpha value is -2.27. The summed E-state index contributed by atoms with van der Waals surface area (Å²) in [6.45, 7) is 0. The highest BCUT2D eigenvalue weighted by Crippen LogP contribution is 2.23. The fraction of sp³-hybridized carbons (Fsp3) is 0.0667. The minimum Gasteiger partial charge on any atom is -0.351 e. The summed E-state index contributed by atoms with van der Waals surface area (Å²) in [5.74, 6) is -0.234. The summed E-state index contributed by atoms with van der Waals surface area (Å²) in [7, 11) is 0. The van der Waals surface area contributed by atoms with Crippen LogP contribution in [0, 0.1) is 0 Å². The van der Waals surface area contributed by atoms with Crippen molar-refractivity contribution in [2.45, 2.75) is 4.90 Å². The molecule has 0 radical (unpaired) electrons. The number of amides is 3. The van der Waals surface area contributed by atoms with Crippen LogP contribution in [0.4, 0.5) is 4.79 Å². The summed E-state index contributed by atoms with van der Waals surface area (Å²) in [6, 6.07) is 17.1. The van der Waals surface area contributed by atoms with Crippen molar-refractivity contribution in [2.75, 3.05) is 5.75 Å². The second-order valence-electron chi connectivity index (χ2n) is 4.09. The van der Waals surface area contributed by atoms with Gasteiger partial charge in [0.25, 0.3) is 0 Å². The van der Waals surface area contributed by atoms with Crippen LogP contribution < -0.4 is 11.1 Å². The van der Waals surface area contributed by atoms with Gasteiger partial charge < -0.3 is 5.73 Å². The normalized spacial score (nSPS) is 10.0.